The van der Waals surface area contributed by atoms with E-state index in [1.54, 1.807) is 11.8 Å². The van der Waals surface area contributed by atoms with Crippen molar-refractivity contribution in [3.8, 4) is 0 Å². The fraction of sp³-hybridized carbons (Fsp3) is 0.538. The Morgan fingerprint density at radius 1 is 1.40 bits per heavy atom. The molecule has 1 fully saturated rings. The van der Waals surface area contributed by atoms with Gasteiger partial charge in [0.25, 0.3) is 0 Å². The molecule has 0 aromatic heterocycles. The SMILES string of the molecule is CSC1CCC(NS(=O)(=O)c2cc(N)c(C)c(F)c2)C1. The van der Waals surface area contributed by atoms with E-state index in [0.29, 0.717) is 5.25 Å². The molecule has 0 bridgehead atoms. The van der Waals surface area contributed by atoms with Crippen LogP contribution in [0.2, 0.25) is 0 Å². The lowest BCUT2D eigenvalue weighted by atomic mass is 10.2. The van der Waals surface area contributed by atoms with Crippen LogP contribution in [-0.4, -0.2) is 26.0 Å². The normalized spacial score (nSPS) is 23.1. The van der Waals surface area contributed by atoms with Crippen molar-refractivity contribution >= 4 is 27.5 Å². The van der Waals surface area contributed by atoms with Crippen molar-refractivity contribution < 1.29 is 12.8 Å². The van der Waals surface area contributed by atoms with E-state index in [4.69, 9.17) is 5.73 Å². The molecule has 0 aliphatic heterocycles. The van der Waals surface area contributed by atoms with Gasteiger partial charge in [0.2, 0.25) is 10.0 Å². The summed E-state index contributed by atoms with van der Waals surface area (Å²) in [5.74, 6) is -0.598. The number of nitrogens with one attached hydrogen (secondary N) is 1. The highest BCUT2D eigenvalue weighted by Gasteiger charge is 2.28. The topological polar surface area (TPSA) is 72.2 Å². The molecule has 7 heteroatoms. The molecule has 0 amide bonds. The number of hydrogen-bond donors (Lipinski definition) is 2. The maximum atomic E-state index is 13.6. The Kier molecular flexibility index (Phi) is 4.61. The number of hydrogen-bond acceptors (Lipinski definition) is 4. The van der Waals surface area contributed by atoms with Crippen molar-refractivity contribution in [1.29, 1.82) is 0 Å². The fourth-order valence-electron chi connectivity index (χ4n) is 2.38. The van der Waals surface area contributed by atoms with E-state index < -0.39 is 15.8 Å². The van der Waals surface area contributed by atoms with Gasteiger partial charge in [0, 0.05) is 22.5 Å². The minimum absolute atomic E-state index is 0.0805. The summed E-state index contributed by atoms with van der Waals surface area (Å²) in [6, 6.07) is 2.25. The smallest absolute Gasteiger partial charge is 0.240 e. The average molecular weight is 318 g/mol. The molecule has 2 rings (SSSR count). The van der Waals surface area contributed by atoms with Crippen LogP contribution in [0.15, 0.2) is 17.0 Å². The van der Waals surface area contributed by atoms with Crippen LogP contribution in [0.25, 0.3) is 0 Å². The Morgan fingerprint density at radius 3 is 2.65 bits per heavy atom. The summed E-state index contributed by atoms with van der Waals surface area (Å²) in [6.07, 6.45) is 4.65. The van der Waals surface area contributed by atoms with Crippen molar-refractivity contribution in [3.63, 3.8) is 0 Å². The number of thioether (sulfide) groups is 1. The second-order valence-electron chi connectivity index (χ2n) is 5.11. The quantitative estimate of drug-likeness (QED) is 0.836. The largest absolute Gasteiger partial charge is 0.398 e. The summed E-state index contributed by atoms with van der Waals surface area (Å²) in [4.78, 5) is -0.106. The van der Waals surface area contributed by atoms with Gasteiger partial charge < -0.3 is 5.73 Å². The van der Waals surface area contributed by atoms with Crippen LogP contribution in [0.1, 0.15) is 24.8 Å². The lowest BCUT2D eigenvalue weighted by molar-refractivity contribution is 0.550. The molecule has 0 saturated heterocycles. The summed E-state index contributed by atoms with van der Waals surface area (Å²) < 4.78 is 40.8. The molecule has 2 atom stereocenters. The summed E-state index contributed by atoms with van der Waals surface area (Å²) >= 11 is 1.75. The van der Waals surface area contributed by atoms with Crippen LogP contribution in [0.3, 0.4) is 0 Å². The second kappa shape index (κ2) is 5.91. The number of halogens is 1. The van der Waals surface area contributed by atoms with E-state index in [2.05, 4.69) is 4.72 Å². The van der Waals surface area contributed by atoms with Crippen molar-refractivity contribution in [1.82, 2.24) is 4.72 Å². The second-order valence-corrected chi connectivity index (χ2v) is 7.96. The van der Waals surface area contributed by atoms with Crippen LogP contribution < -0.4 is 10.5 Å². The first-order valence-electron chi connectivity index (χ1n) is 6.44. The predicted molar refractivity (Wildman–Crippen MR) is 80.8 cm³/mol. The maximum Gasteiger partial charge on any atom is 0.240 e. The Bertz CT molecular complexity index is 581. The zero-order valence-corrected chi connectivity index (χ0v) is 13.2. The van der Waals surface area contributed by atoms with Crippen LogP contribution in [-0.2, 0) is 10.0 Å². The van der Waals surface area contributed by atoms with Gasteiger partial charge >= 0.3 is 0 Å². The number of sulfonamides is 1. The molecule has 1 saturated carbocycles. The highest BCUT2D eigenvalue weighted by atomic mass is 32.2. The molecule has 3 N–H and O–H groups in total. The van der Waals surface area contributed by atoms with Crippen LogP contribution >= 0.6 is 11.8 Å². The summed E-state index contributed by atoms with van der Waals surface area (Å²) in [7, 11) is -3.72. The highest BCUT2D eigenvalue weighted by molar-refractivity contribution is 7.99. The number of rotatable bonds is 4. The van der Waals surface area contributed by atoms with Crippen LogP contribution in [0.5, 0.6) is 0 Å². The molecular formula is C13H19FN2O2S2. The predicted octanol–water partition coefficient (Wildman–Crippen LogP) is 2.28. The van der Waals surface area contributed by atoms with Crippen molar-refractivity contribution in [2.75, 3.05) is 12.0 Å². The third-order valence-corrected chi connectivity index (χ3v) is 6.30. The number of nitrogens with two attached hydrogens (primary N) is 1. The van der Waals surface area contributed by atoms with Crippen LogP contribution in [0, 0.1) is 12.7 Å². The molecule has 0 heterocycles. The molecule has 1 aliphatic rings. The average Bonchev–Trinajstić information content (AvgIpc) is 2.82. The van der Waals surface area contributed by atoms with E-state index in [-0.39, 0.29) is 22.2 Å². The lowest BCUT2D eigenvalue weighted by Crippen LogP contribution is -2.33. The van der Waals surface area contributed by atoms with Crippen molar-refractivity contribution in [3.05, 3.63) is 23.5 Å². The summed E-state index contributed by atoms with van der Waals surface area (Å²) in [5, 5.41) is 0.488. The Labute approximate surface area is 123 Å². The van der Waals surface area contributed by atoms with Gasteiger partial charge in [0.15, 0.2) is 0 Å². The van der Waals surface area contributed by atoms with Gasteiger partial charge in [0.1, 0.15) is 5.82 Å². The Morgan fingerprint density at radius 2 is 2.10 bits per heavy atom. The van der Waals surface area contributed by atoms with E-state index in [0.717, 1.165) is 25.3 Å². The first kappa shape index (κ1) is 15.6. The Hall–Kier alpha value is -0.790. The summed E-state index contributed by atoms with van der Waals surface area (Å²) in [5.41, 5.74) is 6.06. The van der Waals surface area contributed by atoms with Gasteiger partial charge in [-0.2, -0.15) is 11.8 Å². The van der Waals surface area contributed by atoms with Crippen molar-refractivity contribution in [2.24, 2.45) is 0 Å². The van der Waals surface area contributed by atoms with E-state index in [1.807, 2.05) is 6.26 Å². The third-order valence-electron chi connectivity index (χ3n) is 3.71. The van der Waals surface area contributed by atoms with E-state index in [9.17, 15) is 12.8 Å². The zero-order valence-electron chi connectivity index (χ0n) is 11.5. The molecular weight excluding hydrogens is 299 g/mol. The third kappa shape index (κ3) is 3.27. The number of benzene rings is 1. The molecule has 1 aliphatic carbocycles. The zero-order chi connectivity index (χ0) is 14.9. The molecule has 1 aromatic carbocycles. The monoisotopic (exact) mass is 318 g/mol. The molecule has 0 spiro atoms. The highest BCUT2D eigenvalue weighted by Crippen LogP contribution is 2.29. The number of anilines is 1. The van der Waals surface area contributed by atoms with Gasteiger partial charge in [-0.25, -0.2) is 17.5 Å². The molecule has 2 unspecified atom stereocenters. The maximum absolute atomic E-state index is 13.6. The molecule has 20 heavy (non-hydrogen) atoms. The van der Waals surface area contributed by atoms with Gasteiger partial charge in [-0.05, 0) is 44.6 Å². The van der Waals surface area contributed by atoms with Gasteiger partial charge in [-0.1, -0.05) is 0 Å². The number of nitrogen functional groups attached to an aromatic ring is 1. The van der Waals surface area contributed by atoms with E-state index in [1.165, 1.54) is 13.0 Å². The first-order valence-corrected chi connectivity index (χ1v) is 9.21. The fourth-order valence-corrected chi connectivity index (χ4v) is 4.50. The lowest BCUT2D eigenvalue weighted by Gasteiger charge is -2.14. The molecule has 112 valence electrons. The summed E-state index contributed by atoms with van der Waals surface area (Å²) in [6.45, 7) is 1.52. The minimum Gasteiger partial charge on any atom is -0.398 e. The van der Waals surface area contributed by atoms with Crippen LogP contribution in [0.4, 0.5) is 10.1 Å². The first-order chi connectivity index (χ1) is 9.33. The Balaban J connectivity index is 2.19. The van der Waals surface area contributed by atoms with Gasteiger partial charge in [-0.15, -0.1) is 0 Å². The molecule has 0 radical (unpaired) electrons. The molecule has 1 aromatic rings. The van der Waals surface area contributed by atoms with E-state index >= 15 is 0 Å². The van der Waals surface area contributed by atoms with Crippen molar-refractivity contribution in [2.45, 2.75) is 42.4 Å². The molecule has 4 nitrogen and oxygen atoms in total. The standard InChI is InChI=1S/C13H19FN2O2S2/c1-8-12(14)6-11(7-13(8)15)20(17,18)16-9-3-4-10(5-9)19-2/h6-7,9-10,16H,3-5,15H2,1-2H3. The minimum atomic E-state index is -3.72. The van der Waals surface area contributed by atoms with Gasteiger partial charge in [0.05, 0.1) is 4.90 Å². The van der Waals surface area contributed by atoms with Gasteiger partial charge in [-0.3, -0.25) is 0 Å².